The number of rotatable bonds is 3. The zero-order valence-electron chi connectivity index (χ0n) is 11.1. The Morgan fingerprint density at radius 2 is 1.94 bits per heavy atom. The zero-order chi connectivity index (χ0) is 12.7. The van der Waals surface area contributed by atoms with Gasteiger partial charge in [0.2, 0.25) is 11.8 Å². The van der Waals surface area contributed by atoms with Gasteiger partial charge in [-0.2, -0.15) is 0 Å². The molecule has 1 saturated carbocycles. The van der Waals surface area contributed by atoms with Crippen LogP contribution in [0.4, 0.5) is 0 Å². The van der Waals surface area contributed by atoms with Crippen molar-refractivity contribution in [2.75, 3.05) is 6.54 Å². The third-order valence-electron chi connectivity index (χ3n) is 4.07. The molecular weight excluding hydrogens is 216 g/mol. The van der Waals surface area contributed by atoms with Crippen molar-refractivity contribution >= 4 is 11.8 Å². The van der Waals surface area contributed by atoms with Crippen LogP contribution < -0.4 is 5.32 Å². The highest BCUT2D eigenvalue weighted by Crippen LogP contribution is 2.39. The third-order valence-corrected chi connectivity index (χ3v) is 4.07. The Morgan fingerprint density at radius 3 is 2.41 bits per heavy atom. The highest BCUT2D eigenvalue weighted by molar-refractivity contribution is 5.96. The highest BCUT2D eigenvalue weighted by Gasteiger charge is 2.43. The van der Waals surface area contributed by atoms with E-state index < -0.39 is 0 Å². The molecule has 0 bridgehead atoms. The van der Waals surface area contributed by atoms with E-state index >= 15 is 0 Å². The average Bonchev–Trinajstić information content (AvgIpc) is 2.94. The maximum Gasteiger partial charge on any atom is 0.246 e. The van der Waals surface area contributed by atoms with Crippen molar-refractivity contribution in [2.45, 2.75) is 46.2 Å². The molecule has 0 aromatic heterocycles. The SMILES string of the molecule is CC(C)C1NC(=O)C(C)N(CC2CC2C)C1=O. The topological polar surface area (TPSA) is 49.4 Å². The number of carbonyl (C=O) groups is 2. The first-order valence-corrected chi connectivity index (χ1v) is 6.52. The largest absolute Gasteiger partial charge is 0.342 e. The summed E-state index contributed by atoms with van der Waals surface area (Å²) in [7, 11) is 0. The number of carbonyl (C=O) groups excluding carboxylic acids is 2. The summed E-state index contributed by atoms with van der Waals surface area (Å²) in [6.07, 6.45) is 1.18. The minimum absolute atomic E-state index is 0.0170. The van der Waals surface area contributed by atoms with Gasteiger partial charge < -0.3 is 10.2 Å². The van der Waals surface area contributed by atoms with Crippen LogP contribution in [-0.4, -0.2) is 35.3 Å². The molecule has 17 heavy (non-hydrogen) atoms. The van der Waals surface area contributed by atoms with E-state index in [2.05, 4.69) is 12.2 Å². The summed E-state index contributed by atoms with van der Waals surface area (Å²) in [5, 5.41) is 2.82. The van der Waals surface area contributed by atoms with Gasteiger partial charge in [0, 0.05) is 6.54 Å². The molecule has 0 aromatic rings. The van der Waals surface area contributed by atoms with E-state index in [1.165, 1.54) is 6.42 Å². The summed E-state index contributed by atoms with van der Waals surface area (Å²) in [5.41, 5.74) is 0. The highest BCUT2D eigenvalue weighted by atomic mass is 16.2. The van der Waals surface area contributed by atoms with Gasteiger partial charge in [-0.05, 0) is 31.1 Å². The minimum atomic E-state index is -0.340. The number of piperazine rings is 1. The minimum Gasteiger partial charge on any atom is -0.342 e. The lowest BCUT2D eigenvalue weighted by Gasteiger charge is -2.39. The van der Waals surface area contributed by atoms with E-state index in [0.29, 0.717) is 11.8 Å². The van der Waals surface area contributed by atoms with Gasteiger partial charge in [-0.3, -0.25) is 9.59 Å². The average molecular weight is 238 g/mol. The van der Waals surface area contributed by atoms with Crippen LogP contribution in [0.2, 0.25) is 0 Å². The van der Waals surface area contributed by atoms with Gasteiger partial charge in [-0.25, -0.2) is 0 Å². The fourth-order valence-electron chi connectivity index (χ4n) is 2.45. The molecular formula is C13H22N2O2. The van der Waals surface area contributed by atoms with Gasteiger partial charge in [0.05, 0.1) is 0 Å². The standard InChI is InChI=1S/C13H22N2O2/c1-7(2)11-13(17)15(6-10-5-8(10)3)9(4)12(16)14-11/h7-11H,5-6H2,1-4H3,(H,14,16). The fourth-order valence-corrected chi connectivity index (χ4v) is 2.45. The molecule has 1 aliphatic carbocycles. The maximum atomic E-state index is 12.3. The molecule has 2 aliphatic rings. The van der Waals surface area contributed by atoms with E-state index in [1.807, 2.05) is 20.8 Å². The Morgan fingerprint density at radius 1 is 1.35 bits per heavy atom. The lowest BCUT2D eigenvalue weighted by atomic mass is 9.98. The van der Waals surface area contributed by atoms with Crippen LogP contribution in [0.5, 0.6) is 0 Å². The predicted octanol–water partition coefficient (Wildman–Crippen LogP) is 1.01. The molecule has 4 atom stereocenters. The zero-order valence-corrected chi connectivity index (χ0v) is 11.1. The van der Waals surface area contributed by atoms with Crippen LogP contribution in [0.1, 0.15) is 34.1 Å². The summed E-state index contributed by atoms with van der Waals surface area (Å²) in [4.78, 5) is 25.9. The second kappa shape index (κ2) is 4.31. The van der Waals surface area contributed by atoms with Crippen molar-refractivity contribution < 1.29 is 9.59 Å². The number of nitrogens with one attached hydrogen (secondary N) is 1. The van der Waals surface area contributed by atoms with E-state index in [0.717, 1.165) is 6.54 Å². The molecule has 1 saturated heterocycles. The number of hydrogen-bond acceptors (Lipinski definition) is 2. The van der Waals surface area contributed by atoms with Gasteiger partial charge in [0.15, 0.2) is 0 Å². The van der Waals surface area contributed by atoms with Gasteiger partial charge in [-0.1, -0.05) is 20.8 Å². The van der Waals surface area contributed by atoms with Crippen molar-refractivity contribution in [3.8, 4) is 0 Å². The second-order valence-corrected chi connectivity index (χ2v) is 5.87. The van der Waals surface area contributed by atoms with E-state index in [-0.39, 0.29) is 29.8 Å². The molecule has 0 radical (unpaired) electrons. The lowest BCUT2D eigenvalue weighted by Crippen LogP contribution is -2.64. The lowest BCUT2D eigenvalue weighted by molar-refractivity contribution is -0.150. The molecule has 2 fully saturated rings. The van der Waals surface area contributed by atoms with Crippen LogP contribution in [0.15, 0.2) is 0 Å². The van der Waals surface area contributed by atoms with Crippen molar-refractivity contribution in [3.63, 3.8) is 0 Å². The van der Waals surface area contributed by atoms with Crippen LogP contribution in [-0.2, 0) is 9.59 Å². The van der Waals surface area contributed by atoms with Gasteiger partial charge in [-0.15, -0.1) is 0 Å². The number of amides is 2. The van der Waals surface area contributed by atoms with Crippen LogP contribution >= 0.6 is 0 Å². The van der Waals surface area contributed by atoms with Crippen molar-refractivity contribution in [3.05, 3.63) is 0 Å². The molecule has 4 nitrogen and oxygen atoms in total. The Bertz CT molecular complexity index is 340. The molecule has 2 amide bonds. The number of nitrogens with zero attached hydrogens (tertiary/aromatic N) is 1. The quantitative estimate of drug-likeness (QED) is 0.798. The Hall–Kier alpha value is -1.06. The Kier molecular flexibility index (Phi) is 3.15. The molecule has 1 heterocycles. The van der Waals surface area contributed by atoms with E-state index in [1.54, 1.807) is 4.90 Å². The molecule has 4 unspecified atom stereocenters. The summed E-state index contributed by atoms with van der Waals surface area (Å²) in [5.74, 6) is 1.53. The van der Waals surface area contributed by atoms with Crippen molar-refractivity contribution in [2.24, 2.45) is 17.8 Å². The fraction of sp³-hybridized carbons (Fsp3) is 0.846. The van der Waals surface area contributed by atoms with Gasteiger partial charge in [0.1, 0.15) is 12.1 Å². The first kappa shape index (κ1) is 12.4. The van der Waals surface area contributed by atoms with Crippen LogP contribution in [0.25, 0.3) is 0 Å². The van der Waals surface area contributed by atoms with Crippen molar-refractivity contribution in [1.82, 2.24) is 10.2 Å². The summed E-state index contributed by atoms with van der Waals surface area (Å²) in [6, 6.07) is -0.655. The van der Waals surface area contributed by atoms with Gasteiger partial charge in [0.25, 0.3) is 0 Å². The molecule has 2 rings (SSSR count). The predicted molar refractivity (Wildman–Crippen MR) is 65.2 cm³/mol. The smallest absolute Gasteiger partial charge is 0.246 e. The van der Waals surface area contributed by atoms with Crippen LogP contribution in [0.3, 0.4) is 0 Å². The van der Waals surface area contributed by atoms with Crippen molar-refractivity contribution in [1.29, 1.82) is 0 Å². The number of hydrogen-bond donors (Lipinski definition) is 1. The first-order chi connectivity index (χ1) is 7.91. The van der Waals surface area contributed by atoms with E-state index in [9.17, 15) is 9.59 Å². The Labute approximate surface area is 103 Å². The first-order valence-electron chi connectivity index (χ1n) is 6.52. The summed E-state index contributed by atoms with van der Waals surface area (Å²) >= 11 is 0. The molecule has 1 aliphatic heterocycles. The molecule has 0 spiro atoms. The summed E-state index contributed by atoms with van der Waals surface area (Å²) in [6.45, 7) is 8.70. The van der Waals surface area contributed by atoms with E-state index in [4.69, 9.17) is 0 Å². The van der Waals surface area contributed by atoms with Gasteiger partial charge >= 0.3 is 0 Å². The monoisotopic (exact) mass is 238 g/mol. The third kappa shape index (κ3) is 2.31. The second-order valence-electron chi connectivity index (χ2n) is 5.87. The summed E-state index contributed by atoms with van der Waals surface area (Å²) < 4.78 is 0. The van der Waals surface area contributed by atoms with Crippen LogP contribution in [0, 0.1) is 17.8 Å². The Balaban J connectivity index is 2.09. The molecule has 96 valence electrons. The maximum absolute atomic E-state index is 12.3. The molecule has 4 heteroatoms. The molecule has 0 aromatic carbocycles. The molecule has 1 N–H and O–H groups in total. The normalized spacial score (nSPS) is 37.4.